The molecule has 0 bridgehead atoms. The summed E-state index contributed by atoms with van der Waals surface area (Å²) in [5.74, 6) is 0.597. The number of primary amides is 1. The third-order valence-corrected chi connectivity index (χ3v) is 8.13. The Morgan fingerprint density at radius 2 is 1.76 bits per heavy atom. The van der Waals surface area contributed by atoms with Crippen molar-refractivity contribution >= 4 is 15.7 Å². The van der Waals surface area contributed by atoms with Gasteiger partial charge in [-0.1, -0.05) is 0 Å². The highest BCUT2D eigenvalue weighted by atomic mass is 32.2. The van der Waals surface area contributed by atoms with Gasteiger partial charge in [-0.3, -0.25) is 9.78 Å². The quantitative estimate of drug-likeness (QED) is 0.461. The van der Waals surface area contributed by atoms with E-state index in [1.54, 1.807) is 36.7 Å². The molecule has 4 rings (SSSR count). The summed E-state index contributed by atoms with van der Waals surface area (Å²) in [6.45, 7) is 0.725. The van der Waals surface area contributed by atoms with Crippen molar-refractivity contribution in [2.24, 2.45) is 5.73 Å². The third-order valence-electron chi connectivity index (χ3n) is 5.60. The molecule has 1 fully saturated rings. The lowest BCUT2D eigenvalue weighted by Crippen LogP contribution is -2.53. The van der Waals surface area contributed by atoms with Gasteiger partial charge in [-0.25, -0.2) is 8.42 Å². The Kier molecular flexibility index (Phi) is 6.70. The normalized spacial score (nSPS) is 15.8. The van der Waals surface area contributed by atoms with Gasteiger partial charge in [0.25, 0.3) is 0 Å². The van der Waals surface area contributed by atoms with Crippen LogP contribution in [0, 0.1) is 0 Å². The Balaban J connectivity index is 1.33. The van der Waals surface area contributed by atoms with Gasteiger partial charge < -0.3 is 19.6 Å². The lowest BCUT2D eigenvalue weighted by Gasteiger charge is -2.33. The van der Waals surface area contributed by atoms with Gasteiger partial charge in [0.2, 0.25) is 17.7 Å². The van der Waals surface area contributed by atoms with Crippen molar-refractivity contribution in [3.8, 4) is 17.2 Å². The van der Waals surface area contributed by atoms with Crippen LogP contribution in [-0.2, 0) is 25.8 Å². The maximum atomic E-state index is 13.2. The number of hydrogen-bond donors (Lipinski definition) is 1. The van der Waals surface area contributed by atoms with Crippen molar-refractivity contribution in [1.29, 1.82) is 0 Å². The molecule has 1 aromatic carbocycles. The summed E-state index contributed by atoms with van der Waals surface area (Å²) in [5.41, 5.74) is 6.30. The molecule has 3 aromatic rings. The van der Waals surface area contributed by atoms with Gasteiger partial charge in [-0.2, -0.15) is 0 Å². The third kappa shape index (κ3) is 4.74. The molecule has 3 heterocycles. The van der Waals surface area contributed by atoms with Crippen LogP contribution in [0.5, 0.6) is 5.75 Å². The Hall–Kier alpha value is -3.31. The van der Waals surface area contributed by atoms with Crippen LogP contribution in [0.2, 0.25) is 0 Å². The van der Waals surface area contributed by atoms with E-state index in [9.17, 15) is 13.2 Å². The number of pyridine rings is 1. The Morgan fingerprint density at radius 3 is 2.42 bits per heavy atom. The van der Waals surface area contributed by atoms with Crippen molar-refractivity contribution in [3.05, 3.63) is 54.7 Å². The molecule has 1 amide bonds. The maximum absolute atomic E-state index is 13.2. The van der Waals surface area contributed by atoms with Gasteiger partial charge in [-0.05, 0) is 55.7 Å². The van der Waals surface area contributed by atoms with Gasteiger partial charge in [0.05, 0.1) is 11.5 Å². The molecule has 174 valence electrons. The summed E-state index contributed by atoms with van der Waals surface area (Å²) in [4.78, 5) is 16.1. The molecule has 0 radical (unpaired) electrons. The van der Waals surface area contributed by atoms with E-state index in [0.717, 1.165) is 5.56 Å². The monoisotopic (exact) mass is 472 g/mol. The van der Waals surface area contributed by atoms with Crippen molar-refractivity contribution < 1.29 is 27.1 Å². The average molecular weight is 473 g/mol. The SMILES string of the molecule is NC(=O)C1(S(=O)(=O)c2ccc(OCCCc3nnc(-c4ccncc4)o3)cc2)CCOCC1. The van der Waals surface area contributed by atoms with Crippen LogP contribution in [0.3, 0.4) is 0 Å². The minimum atomic E-state index is -3.96. The molecular weight excluding hydrogens is 448 g/mol. The number of sulfone groups is 1. The summed E-state index contributed by atoms with van der Waals surface area (Å²) in [6, 6.07) is 9.58. The zero-order valence-electron chi connectivity index (χ0n) is 17.8. The number of aromatic nitrogens is 3. The molecule has 1 aliphatic heterocycles. The highest BCUT2D eigenvalue weighted by molar-refractivity contribution is 7.93. The molecule has 11 heteroatoms. The molecular formula is C22H24N4O6S. The summed E-state index contributed by atoms with van der Waals surface area (Å²) in [6.07, 6.45) is 4.56. The van der Waals surface area contributed by atoms with Gasteiger partial charge in [-0.15, -0.1) is 10.2 Å². The molecule has 0 saturated carbocycles. The number of carbonyl (C=O) groups is 1. The van der Waals surface area contributed by atoms with Crippen molar-refractivity contribution in [2.75, 3.05) is 19.8 Å². The first-order valence-electron chi connectivity index (χ1n) is 10.5. The van der Waals surface area contributed by atoms with Crippen LogP contribution in [0.4, 0.5) is 0 Å². The van der Waals surface area contributed by atoms with E-state index in [4.69, 9.17) is 19.6 Å². The predicted molar refractivity (Wildman–Crippen MR) is 117 cm³/mol. The largest absolute Gasteiger partial charge is 0.494 e. The first-order chi connectivity index (χ1) is 15.9. The molecule has 0 unspecified atom stereocenters. The number of hydrogen-bond acceptors (Lipinski definition) is 9. The number of amides is 1. The summed E-state index contributed by atoms with van der Waals surface area (Å²) >= 11 is 0. The first kappa shape index (κ1) is 22.9. The summed E-state index contributed by atoms with van der Waals surface area (Å²) in [7, 11) is -3.96. The topological polar surface area (TPSA) is 148 Å². The highest BCUT2D eigenvalue weighted by Gasteiger charge is 2.51. The molecule has 0 aliphatic carbocycles. The Bertz CT molecular complexity index is 1190. The van der Waals surface area contributed by atoms with Crippen molar-refractivity contribution in [1.82, 2.24) is 15.2 Å². The van der Waals surface area contributed by atoms with Gasteiger partial charge in [0, 0.05) is 37.6 Å². The zero-order valence-corrected chi connectivity index (χ0v) is 18.7. The number of ether oxygens (including phenoxy) is 2. The molecule has 1 saturated heterocycles. The fourth-order valence-corrected chi connectivity index (χ4v) is 5.58. The number of rotatable bonds is 9. The summed E-state index contributed by atoms with van der Waals surface area (Å²) in [5, 5.41) is 8.06. The van der Waals surface area contributed by atoms with E-state index >= 15 is 0 Å². The average Bonchev–Trinajstić information content (AvgIpc) is 3.32. The van der Waals surface area contributed by atoms with Crippen LogP contribution >= 0.6 is 0 Å². The van der Waals surface area contributed by atoms with Crippen LogP contribution < -0.4 is 10.5 Å². The van der Waals surface area contributed by atoms with Crippen molar-refractivity contribution in [3.63, 3.8) is 0 Å². The zero-order chi connectivity index (χ0) is 23.3. The minimum absolute atomic E-state index is 0.0325. The fraction of sp³-hybridized carbons (Fsp3) is 0.364. The van der Waals surface area contributed by atoms with Crippen LogP contribution in [0.1, 0.15) is 25.2 Å². The second-order valence-electron chi connectivity index (χ2n) is 7.63. The number of carbonyl (C=O) groups excluding carboxylic acids is 1. The number of nitrogens with zero attached hydrogens (tertiary/aromatic N) is 3. The van der Waals surface area contributed by atoms with E-state index in [1.807, 2.05) is 0 Å². The van der Waals surface area contributed by atoms with Crippen molar-refractivity contribution in [2.45, 2.75) is 35.3 Å². The standard InChI is InChI=1S/C22H24N4O6S/c23-21(27)22(9-14-30-15-10-22)33(28,29)18-5-3-17(4-6-18)31-13-1-2-19-25-26-20(32-19)16-7-11-24-12-8-16/h3-8,11-12H,1-2,9-10,13-15H2,(H2,23,27). The van der Waals surface area contributed by atoms with Gasteiger partial charge in [0.1, 0.15) is 5.75 Å². The number of aryl methyl sites for hydroxylation is 1. The number of benzene rings is 1. The predicted octanol–water partition coefficient (Wildman–Crippen LogP) is 1.95. The molecule has 2 N–H and O–H groups in total. The Labute approximate surface area is 191 Å². The van der Waals surface area contributed by atoms with E-state index in [0.29, 0.717) is 37.0 Å². The van der Waals surface area contributed by atoms with Crippen LogP contribution in [0.25, 0.3) is 11.5 Å². The summed E-state index contributed by atoms with van der Waals surface area (Å²) < 4.78 is 41.2. The van der Waals surface area contributed by atoms with Gasteiger partial charge >= 0.3 is 0 Å². The van der Waals surface area contributed by atoms with Crippen LogP contribution in [0.15, 0.2) is 58.1 Å². The van der Waals surface area contributed by atoms with Crippen LogP contribution in [-0.4, -0.2) is 54.1 Å². The lowest BCUT2D eigenvalue weighted by atomic mass is 9.98. The van der Waals surface area contributed by atoms with E-state index < -0.39 is 20.5 Å². The highest BCUT2D eigenvalue weighted by Crippen LogP contribution is 2.35. The Morgan fingerprint density at radius 1 is 1.06 bits per heavy atom. The molecule has 0 spiro atoms. The fourth-order valence-electron chi connectivity index (χ4n) is 3.67. The smallest absolute Gasteiger partial charge is 0.247 e. The second-order valence-corrected chi connectivity index (χ2v) is 9.89. The van der Waals surface area contributed by atoms with E-state index in [2.05, 4.69) is 15.2 Å². The van der Waals surface area contributed by atoms with E-state index in [1.165, 1.54) is 12.1 Å². The van der Waals surface area contributed by atoms with E-state index in [-0.39, 0.29) is 31.0 Å². The lowest BCUT2D eigenvalue weighted by molar-refractivity contribution is -0.122. The second kappa shape index (κ2) is 9.67. The molecule has 0 atom stereocenters. The number of nitrogens with two attached hydrogens (primary N) is 1. The first-order valence-corrected chi connectivity index (χ1v) is 12.0. The molecule has 10 nitrogen and oxygen atoms in total. The van der Waals surface area contributed by atoms with Gasteiger partial charge in [0.15, 0.2) is 14.6 Å². The molecule has 1 aliphatic rings. The maximum Gasteiger partial charge on any atom is 0.247 e. The minimum Gasteiger partial charge on any atom is -0.494 e. The molecule has 2 aromatic heterocycles. The molecule has 33 heavy (non-hydrogen) atoms.